The lowest BCUT2D eigenvalue weighted by atomic mass is 9.33. The molecule has 1 aromatic heterocycles. The summed E-state index contributed by atoms with van der Waals surface area (Å²) in [4.78, 5) is 56.6. The van der Waals surface area contributed by atoms with Gasteiger partial charge in [-0.2, -0.15) is 0 Å². The number of carboxylic acid groups (broad SMARTS) is 1. The van der Waals surface area contributed by atoms with E-state index in [4.69, 9.17) is 4.74 Å². The fraction of sp³-hybridized carbons (Fsp3) is 0.711. The molecular weight excluding hydrogens is 665 g/mol. The van der Waals surface area contributed by atoms with Crippen LogP contribution in [0, 0.1) is 56.2 Å². The number of hydrogen-bond donors (Lipinski definition) is 2. The maximum atomic E-state index is 14.0. The number of carbonyl (C=O) groups is 4. The molecule has 290 valence electrons. The molecule has 0 radical (unpaired) electrons. The smallest absolute Gasteiger partial charge is 0.309 e. The zero-order valence-corrected chi connectivity index (χ0v) is 33.9. The standard InChI is InChI=1S/C45H64N2O6/c1-27(2)37-31(48)25-45(21-18-35(49)47-28(3)30-13-11-12-24-46-30)23-22-43(9)29(38(37)45)14-15-33-42(8)19-17-34(53-36(50)26-40(4,5)39(51)52)41(6,7)32(42)16-20-44(33,43)10/h11-13,18,21,24,27-29,32-34H,14-17,19-20,22-23,25-26H2,1-10H3,(H,47,49)(H,51,52)/b21-18+/t28-,29-,32?,33-,34+,42+,43-,44-,45+/m1/s1. The predicted molar refractivity (Wildman–Crippen MR) is 205 cm³/mol. The van der Waals surface area contributed by atoms with Gasteiger partial charge < -0.3 is 15.2 Å². The van der Waals surface area contributed by atoms with E-state index in [1.54, 1.807) is 26.1 Å². The van der Waals surface area contributed by atoms with Gasteiger partial charge in [0.25, 0.3) is 0 Å². The third kappa shape index (κ3) is 6.32. The van der Waals surface area contributed by atoms with Crippen molar-refractivity contribution in [2.75, 3.05) is 0 Å². The van der Waals surface area contributed by atoms with Gasteiger partial charge in [-0.05, 0) is 141 Å². The second kappa shape index (κ2) is 13.5. The third-order valence-electron chi connectivity index (χ3n) is 15.9. The Labute approximate surface area is 317 Å². The van der Waals surface area contributed by atoms with Crippen LogP contribution in [0.4, 0.5) is 0 Å². The normalized spacial score (nSPS) is 37.0. The molecule has 5 aliphatic rings. The van der Waals surface area contributed by atoms with Gasteiger partial charge in [-0.1, -0.05) is 60.6 Å². The summed E-state index contributed by atoms with van der Waals surface area (Å²) in [5.74, 6) is -0.0965. The van der Waals surface area contributed by atoms with E-state index >= 15 is 0 Å². The highest BCUT2D eigenvalue weighted by molar-refractivity contribution is 6.01. The maximum Gasteiger partial charge on any atom is 0.309 e. The number of esters is 1. The minimum atomic E-state index is -1.17. The van der Waals surface area contributed by atoms with Gasteiger partial charge in [-0.25, -0.2) is 0 Å². The monoisotopic (exact) mass is 728 g/mol. The summed E-state index contributed by atoms with van der Waals surface area (Å²) >= 11 is 0. The lowest BCUT2D eigenvalue weighted by molar-refractivity contribution is -0.232. The van der Waals surface area contributed by atoms with E-state index in [2.05, 4.69) is 64.8 Å². The third-order valence-corrected chi connectivity index (χ3v) is 15.9. The van der Waals surface area contributed by atoms with Crippen molar-refractivity contribution in [2.24, 2.45) is 56.2 Å². The molecule has 2 N–H and O–H groups in total. The lowest BCUT2D eigenvalue weighted by Crippen LogP contribution is -2.65. The highest BCUT2D eigenvalue weighted by atomic mass is 16.5. The first-order valence-electron chi connectivity index (χ1n) is 20.2. The molecule has 53 heavy (non-hydrogen) atoms. The number of aliphatic carboxylic acids is 1. The number of nitrogens with one attached hydrogen (secondary N) is 1. The molecule has 1 amide bonds. The number of carbonyl (C=O) groups excluding carboxylic acids is 3. The van der Waals surface area contributed by atoms with E-state index in [1.807, 2.05) is 25.1 Å². The predicted octanol–water partition coefficient (Wildman–Crippen LogP) is 9.21. The molecule has 1 unspecified atom stereocenters. The molecule has 9 atom stereocenters. The van der Waals surface area contributed by atoms with E-state index in [-0.39, 0.29) is 63.8 Å². The van der Waals surface area contributed by atoms with Gasteiger partial charge in [0.15, 0.2) is 5.78 Å². The first-order valence-corrected chi connectivity index (χ1v) is 20.2. The minimum Gasteiger partial charge on any atom is -0.481 e. The van der Waals surface area contributed by atoms with Crippen molar-refractivity contribution in [3.8, 4) is 0 Å². The molecule has 6 rings (SSSR count). The highest BCUT2D eigenvalue weighted by Crippen LogP contribution is 2.77. The van der Waals surface area contributed by atoms with Crippen LogP contribution in [0.15, 0.2) is 47.7 Å². The van der Waals surface area contributed by atoms with Crippen LogP contribution in [-0.2, 0) is 23.9 Å². The molecule has 0 saturated heterocycles. The Bertz CT molecular complexity index is 1710. The second-order valence-electron chi connectivity index (χ2n) is 19.9. The van der Waals surface area contributed by atoms with E-state index < -0.39 is 22.8 Å². The molecule has 0 bridgehead atoms. The molecular formula is C45H64N2O6. The lowest BCUT2D eigenvalue weighted by Gasteiger charge is -2.72. The Kier molecular flexibility index (Phi) is 10.0. The van der Waals surface area contributed by atoms with E-state index in [1.165, 1.54) is 5.57 Å². The minimum absolute atomic E-state index is 0.00699. The number of allylic oxidation sites excluding steroid dienone is 3. The van der Waals surface area contributed by atoms with Crippen molar-refractivity contribution in [2.45, 2.75) is 146 Å². The van der Waals surface area contributed by atoms with Crippen LogP contribution in [0.1, 0.15) is 145 Å². The Morgan fingerprint density at radius 3 is 2.32 bits per heavy atom. The SMILES string of the molecule is CC(C)C1=C2[C@H]3CC[C@@H]4[C@@]5(C)CC[C@H](OC(=O)CC(C)(C)C(=O)O)C(C)(C)C5CC[C@@]4(C)[C@]3(C)CC[C@@]2(/C=C/C(=O)N[C@H](C)c2ccccn2)CC1=O. The quantitative estimate of drug-likeness (QED) is 0.192. The topological polar surface area (TPSA) is 123 Å². The van der Waals surface area contributed by atoms with Crippen LogP contribution >= 0.6 is 0 Å². The largest absolute Gasteiger partial charge is 0.481 e. The Morgan fingerprint density at radius 1 is 0.962 bits per heavy atom. The maximum absolute atomic E-state index is 14.0. The summed E-state index contributed by atoms with van der Waals surface area (Å²) in [6.45, 7) is 21.5. The summed E-state index contributed by atoms with van der Waals surface area (Å²) in [6, 6.07) is 5.48. The van der Waals surface area contributed by atoms with Crippen LogP contribution in [0.3, 0.4) is 0 Å². The number of aromatic nitrogens is 1. The molecule has 8 heteroatoms. The first kappa shape index (κ1) is 39.4. The van der Waals surface area contributed by atoms with Gasteiger partial charge in [-0.3, -0.25) is 24.2 Å². The summed E-state index contributed by atoms with van der Waals surface area (Å²) in [6.07, 6.45) is 13.4. The Hall–Kier alpha value is -3.29. The van der Waals surface area contributed by atoms with Crippen LogP contribution < -0.4 is 5.32 Å². The first-order chi connectivity index (χ1) is 24.6. The van der Waals surface area contributed by atoms with Crippen molar-refractivity contribution in [1.82, 2.24) is 10.3 Å². The van der Waals surface area contributed by atoms with Crippen LogP contribution in [0.25, 0.3) is 0 Å². The molecule has 0 aliphatic heterocycles. The van der Waals surface area contributed by atoms with Gasteiger partial charge in [0.2, 0.25) is 5.91 Å². The van der Waals surface area contributed by atoms with Crippen molar-refractivity contribution in [1.29, 1.82) is 0 Å². The summed E-state index contributed by atoms with van der Waals surface area (Å²) < 4.78 is 6.16. The number of carboxylic acids is 1. The van der Waals surface area contributed by atoms with Crippen molar-refractivity contribution in [3.63, 3.8) is 0 Å². The molecule has 0 spiro atoms. The van der Waals surface area contributed by atoms with Crippen LogP contribution in [0.5, 0.6) is 0 Å². The van der Waals surface area contributed by atoms with Gasteiger partial charge in [0, 0.05) is 23.4 Å². The molecule has 1 heterocycles. The highest BCUT2D eigenvalue weighted by Gasteiger charge is 2.70. The molecule has 0 aromatic carbocycles. The van der Waals surface area contributed by atoms with Crippen molar-refractivity contribution >= 4 is 23.6 Å². The second-order valence-corrected chi connectivity index (χ2v) is 19.9. The number of nitrogens with zero attached hydrogens (tertiary/aromatic N) is 1. The average molecular weight is 729 g/mol. The fourth-order valence-corrected chi connectivity index (χ4v) is 12.9. The number of hydrogen-bond acceptors (Lipinski definition) is 6. The van der Waals surface area contributed by atoms with Crippen molar-refractivity contribution in [3.05, 3.63) is 53.4 Å². The van der Waals surface area contributed by atoms with Gasteiger partial charge in [0.05, 0.1) is 23.6 Å². The Balaban J connectivity index is 1.27. The van der Waals surface area contributed by atoms with Gasteiger partial charge >= 0.3 is 11.9 Å². The number of ketones is 1. The number of Topliss-reactive ketones (excluding diaryl/α,β-unsaturated/α-hetero) is 1. The summed E-state index contributed by atoms with van der Waals surface area (Å²) in [5, 5.41) is 12.7. The van der Waals surface area contributed by atoms with E-state index in [0.717, 1.165) is 62.6 Å². The van der Waals surface area contributed by atoms with Gasteiger partial charge in [0.1, 0.15) is 6.10 Å². The number of rotatable bonds is 9. The zero-order valence-electron chi connectivity index (χ0n) is 33.9. The zero-order chi connectivity index (χ0) is 38.9. The molecule has 4 fully saturated rings. The molecule has 8 nitrogen and oxygen atoms in total. The number of ether oxygens (including phenoxy) is 1. The number of amides is 1. The van der Waals surface area contributed by atoms with Gasteiger partial charge in [-0.15, -0.1) is 0 Å². The summed E-state index contributed by atoms with van der Waals surface area (Å²) in [5.41, 5.74) is 1.39. The average Bonchev–Trinajstić information content (AvgIpc) is 3.38. The summed E-state index contributed by atoms with van der Waals surface area (Å²) in [7, 11) is 0. The van der Waals surface area contributed by atoms with Crippen LogP contribution in [-0.4, -0.2) is 39.8 Å². The number of pyridine rings is 1. The molecule has 4 saturated carbocycles. The number of fused-ring (bicyclic) bond motifs is 7. The van der Waals surface area contributed by atoms with Crippen molar-refractivity contribution < 1.29 is 29.0 Å². The molecule has 1 aromatic rings. The Morgan fingerprint density at radius 2 is 1.68 bits per heavy atom. The molecule has 5 aliphatic carbocycles. The van der Waals surface area contributed by atoms with E-state index in [9.17, 15) is 24.3 Å². The van der Waals surface area contributed by atoms with E-state index in [0.29, 0.717) is 18.3 Å². The fourth-order valence-electron chi connectivity index (χ4n) is 12.9. The van der Waals surface area contributed by atoms with Crippen LogP contribution in [0.2, 0.25) is 0 Å².